The molecule has 3 rings (SSSR count). The average molecular weight is 193 g/mol. The van der Waals surface area contributed by atoms with Crippen molar-refractivity contribution in [3.05, 3.63) is 21.9 Å². The van der Waals surface area contributed by atoms with Crippen molar-refractivity contribution < 1.29 is 0 Å². The standard InChI is InChI=1S/C11H15NS/c1-2-4-10-9(3-1)11-8(7-12-10)5-6-13-11/h5-6,9-10,12H,1-4,7H2. The molecule has 1 aromatic rings. The molecule has 1 nitrogen and oxygen atoms in total. The van der Waals surface area contributed by atoms with E-state index in [1.54, 1.807) is 10.4 Å². The van der Waals surface area contributed by atoms with E-state index < -0.39 is 0 Å². The minimum Gasteiger partial charge on any atom is -0.309 e. The maximum Gasteiger partial charge on any atom is 0.0219 e. The van der Waals surface area contributed by atoms with Gasteiger partial charge in [0.1, 0.15) is 0 Å². The molecule has 2 heteroatoms. The summed E-state index contributed by atoms with van der Waals surface area (Å²) in [4.78, 5) is 1.68. The zero-order valence-corrected chi connectivity index (χ0v) is 8.57. The van der Waals surface area contributed by atoms with Crippen LogP contribution in [0.25, 0.3) is 0 Å². The van der Waals surface area contributed by atoms with E-state index in [1.807, 2.05) is 11.3 Å². The summed E-state index contributed by atoms with van der Waals surface area (Å²) in [6.45, 7) is 1.11. The Morgan fingerprint density at radius 3 is 3.23 bits per heavy atom. The first-order valence-corrected chi connectivity index (χ1v) is 6.13. The highest BCUT2D eigenvalue weighted by atomic mass is 32.1. The van der Waals surface area contributed by atoms with Crippen LogP contribution in [0.3, 0.4) is 0 Å². The molecule has 0 spiro atoms. The summed E-state index contributed by atoms with van der Waals surface area (Å²) < 4.78 is 0. The lowest BCUT2D eigenvalue weighted by Crippen LogP contribution is -2.40. The topological polar surface area (TPSA) is 12.0 Å². The molecule has 0 radical (unpaired) electrons. The Morgan fingerprint density at radius 1 is 1.31 bits per heavy atom. The van der Waals surface area contributed by atoms with Crippen molar-refractivity contribution in [2.75, 3.05) is 0 Å². The van der Waals surface area contributed by atoms with Crippen LogP contribution in [0.15, 0.2) is 11.4 Å². The first-order chi connectivity index (χ1) is 6.45. The van der Waals surface area contributed by atoms with Gasteiger partial charge < -0.3 is 5.32 Å². The van der Waals surface area contributed by atoms with Crippen molar-refractivity contribution in [2.24, 2.45) is 0 Å². The van der Waals surface area contributed by atoms with Crippen molar-refractivity contribution in [1.29, 1.82) is 0 Å². The molecule has 0 amide bonds. The van der Waals surface area contributed by atoms with Gasteiger partial charge in [-0.15, -0.1) is 11.3 Å². The van der Waals surface area contributed by atoms with Crippen molar-refractivity contribution in [2.45, 2.75) is 44.2 Å². The molecule has 1 aromatic heterocycles. The Morgan fingerprint density at radius 2 is 2.23 bits per heavy atom. The van der Waals surface area contributed by atoms with E-state index in [0.717, 1.165) is 18.5 Å². The summed E-state index contributed by atoms with van der Waals surface area (Å²) in [6.07, 6.45) is 5.66. The van der Waals surface area contributed by atoms with E-state index in [0.29, 0.717) is 0 Å². The normalized spacial score (nSPS) is 32.3. The quantitative estimate of drug-likeness (QED) is 0.668. The second-order valence-corrected chi connectivity index (χ2v) is 5.14. The molecular weight excluding hydrogens is 178 g/mol. The van der Waals surface area contributed by atoms with Crippen LogP contribution in [0.1, 0.15) is 42.0 Å². The summed E-state index contributed by atoms with van der Waals surface area (Å²) >= 11 is 1.97. The van der Waals surface area contributed by atoms with Crippen LogP contribution in [-0.4, -0.2) is 6.04 Å². The van der Waals surface area contributed by atoms with Crippen molar-refractivity contribution >= 4 is 11.3 Å². The van der Waals surface area contributed by atoms with Crippen LogP contribution in [0.5, 0.6) is 0 Å². The lowest BCUT2D eigenvalue weighted by atomic mass is 9.80. The van der Waals surface area contributed by atoms with E-state index in [-0.39, 0.29) is 0 Å². The zero-order valence-electron chi connectivity index (χ0n) is 7.75. The maximum atomic E-state index is 3.67. The molecule has 0 aromatic carbocycles. The van der Waals surface area contributed by atoms with Gasteiger partial charge in [-0.25, -0.2) is 0 Å². The third-order valence-corrected chi connectivity index (χ3v) is 4.53. The van der Waals surface area contributed by atoms with Crippen molar-refractivity contribution in [3.63, 3.8) is 0 Å². The largest absolute Gasteiger partial charge is 0.309 e. The number of fused-ring (bicyclic) bond motifs is 3. The van der Waals surface area contributed by atoms with Gasteiger partial charge in [0.05, 0.1) is 0 Å². The lowest BCUT2D eigenvalue weighted by Gasteiger charge is -2.36. The fourth-order valence-electron chi connectivity index (χ4n) is 2.75. The Hall–Kier alpha value is -0.340. The van der Waals surface area contributed by atoms with E-state index in [4.69, 9.17) is 0 Å². The predicted molar refractivity (Wildman–Crippen MR) is 56.2 cm³/mol. The number of hydrogen-bond donors (Lipinski definition) is 1. The molecule has 0 bridgehead atoms. The van der Waals surface area contributed by atoms with Gasteiger partial charge in [-0.3, -0.25) is 0 Å². The summed E-state index contributed by atoms with van der Waals surface area (Å²) in [7, 11) is 0. The van der Waals surface area contributed by atoms with Gasteiger partial charge in [-0.1, -0.05) is 12.8 Å². The molecule has 2 aliphatic rings. The molecule has 1 aliphatic carbocycles. The van der Waals surface area contributed by atoms with E-state index in [2.05, 4.69) is 16.8 Å². The van der Waals surface area contributed by atoms with Crippen molar-refractivity contribution in [3.8, 4) is 0 Å². The Bertz CT molecular complexity index is 305. The number of rotatable bonds is 0. The fraction of sp³-hybridized carbons (Fsp3) is 0.636. The van der Waals surface area contributed by atoms with Crippen LogP contribution in [0, 0.1) is 0 Å². The fourth-order valence-corrected chi connectivity index (χ4v) is 3.88. The van der Waals surface area contributed by atoms with E-state index >= 15 is 0 Å². The van der Waals surface area contributed by atoms with E-state index in [1.165, 1.54) is 25.7 Å². The highest BCUT2D eigenvalue weighted by Crippen LogP contribution is 2.40. The maximum absolute atomic E-state index is 3.67. The molecule has 1 fully saturated rings. The first kappa shape index (κ1) is 8.01. The summed E-state index contributed by atoms with van der Waals surface area (Å²) in [6, 6.07) is 3.08. The van der Waals surface area contributed by atoms with Gasteiger partial charge in [0.2, 0.25) is 0 Å². The molecule has 1 N–H and O–H groups in total. The highest BCUT2D eigenvalue weighted by molar-refractivity contribution is 7.10. The third kappa shape index (κ3) is 1.24. The summed E-state index contributed by atoms with van der Waals surface area (Å²) in [5.74, 6) is 0.845. The van der Waals surface area contributed by atoms with Gasteiger partial charge >= 0.3 is 0 Å². The predicted octanol–water partition coefficient (Wildman–Crippen LogP) is 2.88. The monoisotopic (exact) mass is 193 g/mol. The third-order valence-electron chi connectivity index (χ3n) is 3.44. The Kier molecular flexibility index (Phi) is 1.91. The summed E-state index contributed by atoms with van der Waals surface area (Å²) in [5.41, 5.74) is 1.56. The van der Waals surface area contributed by atoms with Crippen LogP contribution in [0.4, 0.5) is 0 Å². The lowest BCUT2D eigenvalue weighted by molar-refractivity contribution is 0.312. The molecule has 2 unspecified atom stereocenters. The van der Waals surface area contributed by atoms with Crippen LogP contribution in [-0.2, 0) is 6.54 Å². The number of hydrogen-bond acceptors (Lipinski definition) is 2. The minimum atomic E-state index is 0.792. The van der Waals surface area contributed by atoms with Gasteiger partial charge in [0, 0.05) is 23.4 Å². The minimum absolute atomic E-state index is 0.792. The van der Waals surface area contributed by atoms with Crippen LogP contribution in [0.2, 0.25) is 0 Å². The second kappa shape index (κ2) is 3.10. The molecule has 2 heterocycles. The molecule has 1 saturated carbocycles. The molecule has 70 valence electrons. The van der Waals surface area contributed by atoms with Gasteiger partial charge in [0.15, 0.2) is 0 Å². The molecule has 13 heavy (non-hydrogen) atoms. The van der Waals surface area contributed by atoms with Crippen LogP contribution >= 0.6 is 11.3 Å². The average Bonchev–Trinajstić information content (AvgIpc) is 2.65. The van der Waals surface area contributed by atoms with Gasteiger partial charge in [-0.2, -0.15) is 0 Å². The summed E-state index contributed by atoms with van der Waals surface area (Å²) in [5, 5.41) is 5.92. The smallest absolute Gasteiger partial charge is 0.0219 e. The number of nitrogens with one attached hydrogen (secondary N) is 1. The van der Waals surface area contributed by atoms with Crippen LogP contribution < -0.4 is 5.32 Å². The molecule has 0 saturated heterocycles. The molecule has 2 atom stereocenters. The first-order valence-electron chi connectivity index (χ1n) is 5.25. The van der Waals surface area contributed by atoms with E-state index in [9.17, 15) is 0 Å². The van der Waals surface area contributed by atoms with Gasteiger partial charge in [-0.05, 0) is 29.9 Å². The highest BCUT2D eigenvalue weighted by Gasteiger charge is 2.31. The Labute approximate surface area is 83.2 Å². The second-order valence-electron chi connectivity index (χ2n) is 4.19. The van der Waals surface area contributed by atoms with Crippen molar-refractivity contribution in [1.82, 2.24) is 5.32 Å². The Balaban J connectivity index is 1.97. The number of thiophene rings is 1. The molecule has 1 aliphatic heterocycles. The molecular formula is C11H15NS. The zero-order chi connectivity index (χ0) is 8.67. The van der Waals surface area contributed by atoms with Gasteiger partial charge in [0.25, 0.3) is 0 Å². The SMILES string of the molecule is c1cc2c(s1)C1CCCCC1NC2.